The van der Waals surface area contributed by atoms with Crippen LogP contribution in [-0.2, 0) is 6.54 Å². The van der Waals surface area contributed by atoms with Crippen LogP contribution in [0.15, 0.2) is 88.6 Å². The molecule has 1 heterocycles. The molecule has 0 aliphatic carbocycles. The van der Waals surface area contributed by atoms with Crippen LogP contribution in [-0.4, -0.2) is 23.0 Å². The van der Waals surface area contributed by atoms with Crippen molar-refractivity contribution in [3.63, 3.8) is 0 Å². The summed E-state index contributed by atoms with van der Waals surface area (Å²) >= 11 is 0. The van der Waals surface area contributed by atoms with Crippen LogP contribution in [0, 0.1) is 0 Å². The Morgan fingerprint density at radius 3 is 2.45 bits per heavy atom. The number of aliphatic imine (C=N–C) groups is 1. The van der Waals surface area contributed by atoms with E-state index in [1.165, 1.54) is 4.57 Å². The van der Waals surface area contributed by atoms with E-state index >= 15 is 0 Å². The molecule has 1 aromatic heterocycles. The zero-order valence-electron chi connectivity index (χ0n) is 15.9. The van der Waals surface area contributed by atoms with Crippen LogP contribution in [0.4, 0.5) is 5.69 Å². The number of pyridine rings is 1. The van der Waals surface area contributed by atoms with Gasteiger partial charge in [-0.25, -0.2) is 0 Å². The number of ether oxygens (including phenoxy) is 1. The molecule has 1 N–H and O–H groups in total. The lowest BCUT2D eigenvalue weighted by Crippen LogP contribution is -2.22. The lowest BCUT2D eigenvalue weighted by molar-refractivity contribution is 0.415. The van der Waals surface area contributed by atoms with Crippen molar-refractivity contribution >= 4 is 22.7 Å². The van der Waals surface area contributed by atoms with Gasteiger partial charge in [-0.1, -0.05) is 54.6 Å². The second-order valence-electron chi connectivity index (χ2n) is 6.62. The quantitative estimate of drug-likeness (QED) is 0.515. The van der Waals surface area contributed by atoms with Gasteiger partial charge in [0.25, 0.3) is 5.56 Å². The first kappa shape index (κ1) is 18.5. The van der Waals surface area contributed by atoms with Crippen molar-refractivity contribution in [2.75, 3.05) is 7.11 Å². The van der Waals surface area contributed by atoms with Crippen molar-refractivity contribution in [1.29, 1.82) is 0 Å². The van der Waals surface area contributed by atoms with E-state index in [0.717, 1.165) is 5.56 Å². The Hall–Kier alpha value is -3.86. The Morgan fingerprint density at radius 2 is 1.69 bits per heavy atom. The first-order valence-electron chi connectivity index (χ1n) is 9.24. The van der Waals surface area contributed by atoms with E-state index in [1.807, 2.05) is 66.7 Å². The third-order valence-corrected chi connectivity index (χ3v) is 4.77. The minimum absolute atomic E-state index is 0.107. The zero-order valence-corrected chi connectivity index (χ0v) is 15.9. The molecule has 4 rings (SSSR count). The number of benzene rings is 3. The highest BCUT2D eigenvalue weighted by Crippen LogP contribution is 2.25. The number of rotatable bonds is 5. The molecule has 4 aromatic rings. The van der Waals surface area contributed by atoms with E-state index in [9.17, 15) is 9.90 Å². The standard InChI is InChI=1S/C24H20N2O3/c1-29-19-11-7-10-18(14-19)25-15-22-20-12-5-6-13-21(20)23(27)26(24(22)28)16-17-8-3-2-4-9-17/h2-15,28H,16H2,1H3. The van der Waals surface area contributed by atoms with Crippen LogP contribution in [0.5, 0.6) is 11.6 Å². The first-order chi connectivity index (χ1) is 14.2. The molecule has 144 valence electrons. The lowest BCUT2D eigenvalue weighted by atomic mass is 10.1. The maximum absolute atomic E-state index is 13.0. The molecule has 0 saturated carbocycles. The van der Waals surface area contributed by atoms with Crippen LogP contribution in [0.25, 0.3) is 10.8 Å². The van der Waals surface area contributed by atoms with Crippen LogP contribution < -0.4 is 10.3 Å². The summed E-state index contributed by atoms with van der Waals surface area (Å²) in [4.78, 5) is 17.5. The largest absolute Gasteiger partial charge is 0.497 e. The fraction of sp³-hybridized carbons (Fsp3) is 0.0833. The third kappa shape index (κ3) is 3.75. The molecule has 0 saturated heterocycles. The zero-order chi connectivity index (χ0) is 20.2. The van der Waals surface area contributed by atoms with Gasteiger partial charge in [-0.15, -0.1) is 0 Å². The predicted octanol–water partition coefficient (Wildman–Crippen LogP) is 4.51. The fourth-order valence-electron chi connectivity index (χ4n) is 3.28. The van der Waals surface area contributed by atoms with E-state index in [-0.39, 0.29) is 18.0 Å². The van der Waals surface area contributed by atoms with E-state index in [1.54, 1.807) is 25.5 Å². The summed E-state index contributed by atoms with van der Waals surface area (Å²) in [5.41, 5.74) is 1.88. The summed E-state index contributed by atoms with van der Waals surface area (Å²) in [6, 6.07) is 24.1. The summed E-state index contributed by atoms with van der Waals surface area (Å²) in [5.74, 6) is 0.590. The van der Waals surface area contributed by atoms with E-state index in [0.29, 0.717) is 27.8 Å². The molecule has 0 aliphatic rings. The molecule has 0 radical (unpaired) electrons. The molecule has 29 heavy (non-hydrogen) atoms. The minimum Gasteiger partial charge on any atom is -0.497 e. The normalized spacial score (nSPS) is 11.2. The summed E-state index contributed by atoms with van der Waals surface area (Å²) < 4.78 is 6.61. The van der Waals surface area contributed by atoms with Crippen LogP contribution >= 0.6 is 0 Å². The van der Waals surface area contributed by atoms with E-state index in [4.69, 9.17) is 4.74 Å². The molecular formula is C24H20N2O3. The third-order valence-electron chi connectivity index (χ3n) is 4.77. The molecule has 0 spiro atoms. The highest BCUT2D eigenvalue weighted by Gasteiger charge is 2.15. The maximum Gasteiger partial charge on any atom is 0.261 e. The number of hydrogen-bond donors (Lipinski definition) is 1. The van der Waals surface area contributed by atoms with E-state index in [2.05, 4.69) is 4.99 Å². The Bertz CT molecular complexity index is 1240. The van der Waals surface area contributed by atoms with Gasteiger partial charge in [-0.2, -0.15) is 0 Å². The van der Waals surface area contributed by atoms with Crippen molar-refractivity contribution in [3.8, 4) is 11.6 Å². The summed E-state index contributed by atoms with van der Waals surface area (Å²) in [7, 11) is 1.60. The Morgan fingerprint density at radius 1 is 0.966 bits per heavy atom. The summed E-state index contributed by atoms with van der Waals surface area (Å²) in [5, 5.41) is 12.1. The van der Waals surface area contributed by atoms with Gasteiger partial charge in [0.2, 0.25) is 5.88 Å². The second-order valence-corrected chi connectivity index (χ2v) is 6.62. The molecule has 0 amide bonds. The van der Waals surface area contributed by atoms with Gasteiger partial charge in [0.05, 0.1) is 24.9 Å². The van der Waals surface area contributed by atoms with E-state index < -0.39 is 0 Å². The first-order valence-corrected chi connectivity index (χ1v) is 9.24. The second kappa shape index (κ2) is 8.02. The smallest absolute Gasteiger partial charge is 0.261 e. The number of hydrogen-bond acceptors (Lipinski definition) is 4. The number of aromatic nitrogens is 1. The molecule has 0 aliphatic heterocycles. The summed E-state index contributed by atoms with van der Waals surface area (Å²) in [6.07, 6.45) is 1.59. The van der Waals surface area contributed by atoms with Crippen LogP contribution in [0.1, 0.15) is 11.1 Å². The molecule has 5 nitrogen and oxygen atoms in total. The lowest BCUT2D eigenvalue weighted by Gasteiger charge is -2.13. The predicted molar refractivity (Wildman–Crippen MR) is 116 cm³/mol. The maximum atomic E-state index is 13.0. The minimum atomic E-state index is -0.236. The Labute approximate surface area is 168 Å². The van der Waals surface area contributed by atoms with Gasteiger partial charge in [0.15, 0.2) is 0 Å². The van der Waals surface area contributed by atoms with Gasteiger partial charge >= 0.3 is 0 Å². The Balaban J connectivity index is 1.86. The summed E-state index contributed by atoms with van der Waals surface area (Å²) in [6.45, 7) is 0.274. The highest BCUT2D eigenvalue weighted by molar-refractivity contribution is 6.02. The molecule has 3 aromatic carbocycles. The van der Waals surface area contributed by atoms with Gasteiger partial charge in [0, 0.05) is 23.1 Å². The van der Waals surface area contributed by atoms with Gasteiger partial charge in [0.1, 0.15) is 5.75 Å². The Kier molecular flexibility index (Phi) is 5.12. The number of aromatic hydroxyl groups is 1. The van der Waals surface area contributed by atoms with Crippen LogP contribution in [0.2, 0.25) is 0 Å². The highest BCUT2D eigenvalue weighted by atomic mass is 16.5. The molecular weight excluding hydrogens is 364 g/mol. The fourth-order valence-corrected chi connectivity index (χ4v) is 3.28. The van der Waals surface area contributed by atoms with Crippen molar-refractivity contribution in [1.82, 2.24) is 4.57 Å². The van der Waals surface area contributed by atoms with Crippen molar-refractivity contribution in [3.05, 3.63) is 100 Å². The average Bonchev–Trinajstić information content (AvgIpc) is 2.77. The van der Waals surface area contributed by atoms with Crippen molar-refractivity contribution in [2.24, 2.45) is 4.99 Å². The SMILES string of the molecule is COc1cccc(N=Cc2c(O)n(Cc3ccccc3)c(=O)c3ccccc23)c1. The van der Waals surface area contributed by atoms with Gasteiger partial charge in [-0.3, -0.25) is 14.4 Å². The number of nitrogens with zero attached hydrogens (tertiary/aromatic N) is 2. The topological polar surface area (TPSA) is 63.8 Å². The van der Waals surface area contributed by atoms with Crippen molar-refractivity contribution in [2.45, 2.75) is 6.54 Å². The average molecular weight is 384 g/mol. The molecule has 0 fully saturated rings. The number of methoxy groups -OCH3 is 1. The van der Waals surface area contributed by atoms with Crippen molar-refractivity contribution < 1.29 is 9.84 Å². The number of fused-ring (bicyclic) bond motifs is 1. The van der Waals surface area contributed by atoms with Crippen LogP contribution in [0.3, 0.4) is 0 Å². The molecule has 5 heteroatoms. The monoisotopic (exact) mass is 384 g/mol. The van der Waals surface area contributed by atoms with Gasteiger partial charge < -0.3 is 9.84 Å². The molecule has 0 unspecified atom stereocenters. The molecule has 0 atom stereocenters. The van der Waals surface area contributed by atoms with Gasteiger partial charge in [-0.05, 0) is 23.8 Å². The molecule has 0 bridgehead atoms.